The summed E-state index contributed by atoms with van der Waals surface area (Å²) >= 11 is 5.99. The Morgan fingerprint density at radius 1 is 1.20 bits per heavy atom. The molecule has 0 unspecified atom stereocenters. The number of benzene rings is 2. The molecule has 1 aliphatic rings. The second kappa shape index (κ2) is 11.3. The highest BCUT2D eigenvalue weighted by Gasteiger charge is 2.35. The van der Waals surface area contributed by atoms with Crippen molar-refractivity contribution < 1.29 is 26.4 Å². The smallest absolute Gasteiger partial charge is 0.348 e. The highest BCUT2D eigenvalue weighted by Crippen LogP contribution is 2.34. The summed E-state index contributed by atoms with van der Waals surface area (Å²) in [5, 5.41) is 2.80. The van der Waals surface area contributed by atoms with E-state index in [9.17, 15) is 26.4 Å². The molecule has 3 rings (SSSR count). The van der Waals surface area contributed by atoms with Gasteiger partial charge < -0.3 is 11.1 Å². The van der Waals surface area contributed by atoms with Crippen LogP contribution >= 0.6 is 11.6 Å². The maximum absolute atomic E-state index is 13.9. The number of alkyl halides is 3. The van der Waals surface area contributed by atoms with Crippen LogP contribution in [0.1, 0.15) is 46.8 Å². The van der Waals surface area contributed by atoms with Crippen LogP contribution in [0, 0.1) is 5.92 Å². The van der Waals surface area contributed by atoms with Crippen molar-refractivity contribution in [1.29, 1.82) is 0 Å². The number of hydrogen-bond acceptors (Lipinski definition) is 5. The molecule has 6 nitrogen and oxygen atoms in total. The van der Waals surface area contributed by atoms with E-state index in [0.717, 1.165) is 18.9 Å². The molecule has 0 aromatic heterocycles. The summed E-state index contributed by atoms with van der Waals surface area (Å²) < 4.78 is 66.3. The van der Waals surface area contributed by atoms with E-state index in [4.69, 9.17) is 17.3 Å². The summed E-state index contributed by atoms with van der Waals surface area (Å²) in [7, 11) is -3.58. The van der Waals surface area contributed by atoms with Crippen LogP contribution < -0.4 is 11.1 Å². The van der Waals surface area contributed by atoms with Gasteiger partial charge in [-0.3, -0.25) is 9.69 Å². The number of likely N-dealkylation sites (tertiary alicyclic amines) is 1. The van der Waals surface area contributed by atoms with Crippen LogP contribution in [0.4, 0.5) is 13.2 Å². The highest BCUT2D eigenvalue weighted by molar-refractivity contribution is 7.91. The predicted molar refractivity (Wildman–Crippen MR) is 129 cm³/mol. The zero-order chi connectivity index (χ0) is 25.8. The largest absolute Gasteiger partial charge is 0.416 e. The fourth-order valence-electron chi connectivity index (χ4n) is 4.27. The highest BCUT2D eigenvalue weighted by atomic mass is 35.5. The molecule has 1 atom stereocenters. The topological polar surface area (TPSA) is 92.5 Å². The lowest BCUT2D eigenvalue weighted by atomic mass is 9.96. The van der Waals surface area contributed by atoms with Gasteiger partial charge in [0.2, 0.25) is 0 Å². The number of carbonyl (C=O) groups is 1. The maximum atomic E-state index is 13.9. The Balaban J connectivity index is 1.81. The number of carbonyl (C=O) groups excluding carboxylic acids is 1. The first-order valence-electron chi connectivity index (χ1n) is 11.4. The third kappa shape index (κ3) is 6.97. The summed E-state index contributed by atoms with van der Waals surface area (Å²) in [5.74, 6) is -0.631. The fourth-order valence-corrected chi connectivity index (χ4v) is 5.58. The number of amides is 1. The molecule has 0 aliphatic carbocycles. The second-order valence-corrected chi connectivity index (χ2v) is 11.4. The van der Waals surface area contributed by atoms with Crippen molar-refractivity contribution in [2.24, 2.45) is 11.7 Å². The summed E-state index contributed by atoms with van der Waals surface area (Å²) in [6.45, 7) is 3.23. The number of nitrogens with zero attached hydrogens (tertiary/aromatic N) is 1. The molecule has 2 aromatic carbocycles. The molecule has 1 aliphatic heterocycles. The van der Waals surface area contributed by atoms with E-state index in [-0.39, 0.29) is 51.4 Å². The molecule has 0 bridgehead atoms. The molecule has 1 heterocycles. The van der Waals surface area contributed by atoms with Crippen molar-refractivity contribution in [3.8, 4) is 0 Å². The SMILES string of the molecule is CCS(=O)(=O)c1ccc(Cl)cc1CNC(=O)c1ccc(CN2CCC[C@H](CN)C2)c(C(F)(F)F)c1. The summed E-state index contributed by atoms with van der Waals surface area (Å²) in [4.78, 5) is 14.7. The zero-order valence-corrected chi connectivity index (χ0v) is 20.9. The average molecular weight is 532 g/mol. The normalized spacial score (nSPS) is 17.4. The Kier molecular flexibility index (Phi) is 8.85. The van der Waals surface area contributed by atoms with Gasteiger partial charge in [-0.25, -0.2) is 8.42 Å². The van der Waals surface area contributed by atoms with Crippen molar-refractivity contribution in [2.45, 2.75) is 43.9 Å². The lowest BCUT2D eigenvalue weighted by Crippen LogP contribution is -2.38. The first-order valence-corrected chi connectivity index (χ1v) is 13.4. The Hall–Kier alpha value is -2.14. The molecule has 1 fully saturated rings. The van der Waals surface area contributed by atoms with Crippen LogP contribution in [-0.4, -0.2) is 44.6 Å². The standard InChI is InChI=1S/C24H29ClF3N3O3S/c1-2-35(33,34)22-8-7-20(25)10-19(22)13-30-23(32)17-5-6-18(21(11-17)24(26,27)28)15-31-9-3-4-16(12-29)14-31/h5-8,10-11,16H,2-4,9,12-15,29H2,1H3,(H,30,32)/t16-/m1/s1. The number of halogens is 4. The second-order valence-electron chi connectivity index (χ2n) is 8.69. The molecule has 1 saturated heterocycles. The molecule has 35 heavy (non-hydrogen) atoms. The maximum Gasteiger partial charge on any atom is 0.416 e. The zero-order valence-electron chi connectivity index (χ0n) is 19.4. The average Bonchev–Trinajstić information content (AvgIpc) is 2.82. The molecule has 1 amide bonds. The van der Waals surface area contributed by atoms with Crippen LogP contribution in [0.15, 0.2) is 41.3 Å². The van der Waals surface area contributed by atoms with Gasteiger partial charge in [-0.1, -0.05) is 24.6 Å². The van der Waals surface area contributed by atoms with Crippen molar-refractivity contribution in [3.05, 3.63) is 63.7 Å². The van der Waals surface area contributed by atoms with E-state index in [1.54, 1.807) is 0 Å². The van der Waals surface area contributed by atoms with Crippen molar-refractivity contribution in [3.63, 3.8) is 0 Å². The van der Waals surface area contributed by atoms with Gasteiger partial charge in [-0.05, 0) is 73.3 Å². The summed E-state index contributed by atoms with van der Waals surface area (Å²) in [6, 6.07) is 7.73. The third-order valence-corrected chi connectivity index (χ3v) is 8.25. The number of nitrogens with one attached hydrogen (secondary N) is 1. The van der Waals surface area contributed by atoms with Crippen molar-refractivity contribution >= 4 is 27.3 Å². The van der Waals surface area contributed by atoms with Gasteiger partial charge in [-0.2, -0.15) is 13.2 Å². The molecular weight excluding hydrogens is 503 g/mol. The molecule has 0 saturated carbocycles. The van der Waals surface area contributed by atoms with E-state index in [1.165, 1.54) is 37.3 Å². The minimum atomic E-state index is -4.63. The van der Waals surface area contributed by atoms with Crippen LogP contribution in [0.2, 0.25) is 5.02 Å². The summed E-state index contributed by atoms with van der Waals surface area (Å²) in [5.41, 5.74) is 5.07. The Morgan fingerprint density at radius 2 is 1.94 bits per heavy atom. The molecule has 0 spiro atoms. The molecular formula is C24H29ClF3N3O3S. The molecule has 3 N–H and O–H groups in total. The number of nitrogens with two attached hydrogens (primary N) is 1. The first kappa shape index (κ1) is 27.4. The summed E-state index contributed by atoms with van der Waals surface area (Å²) in [6.07, 6.45) is -2.79. The van der Waals surface area contributed by atoms with Gasteiger partial charge in [-0.15, -0.1) is 0 Å². The number of rotatable bonds is 8. The lowest BCUT2D eigenvalue weighted by molar-refractivity contribution is -0.138. The Labute approximate surface area is 208 Å². The van der Waals surface area contributed by atoms with Crippen molar-refractivity contribution in [1.82, 2.24) is 10.2 Å². The number of hydrogen-bond donors (Lipinski definition) is 2. The fraction of sp³-hybridized carbons (Fsp3) is 0.458. The van der Waals surface area contributed by atoms with Gasteiger partial charge in [0, 0.05) is 30.2 Å². The van der Waals surface area contributed by atoms with Gasteiger partial charge in [0.25, 0.3) is 5.91 Å². The van der Waals surface area contributed by atoms with Gasteiger partial charge in [0.15, 0.2) is 9.84 Å². The first-order chi connectivity index (χ1) is 16.4. The van der Waals surface area contributed by atoms with Gasteiger partial charge in [0.1, 0.15) is 0 Å². The van der Waals surface area contributed by atoms with Crippen molar-refractivity contribution in [2.75, 3.05) is 25.4 Å². The number of piperidine rings is 1. The molecule has 0 radical (unpaired) electrons. The van der Waals surface area contributed by atoms with E-state index in [2.05, 4.69) is 5.32 Å². The van der Waals surface area contributed by atoms with E-state index in [0.29, 0.717) is 19.6 Å². The molecule has 192 valence electrons. The Bertz CT molecular complexity index is 1170. The van der Waals surface area contributed by atoms with Crippen LogP contribution in [0.3, 0.4) is 0 Å². The lowest BCUT2D eigenvalue weighted by Gasteiger charge is -2.32. The van der Waals surface area contributed by atoms with Gasteiger partial charge in [0.05, 0.1) is 16.2 Å². The minimum absolute atomic E-state index is 0.0216. The quantitative estimate of drug-likeness (QED) is 0.531. The third-order valence-electron chi connectivity index (χ3n) is 6.18. The predicted octanol–water partition coefficient (Wildman–Crippen LogP) is 4.25. The molecule has 2 aromatic rings. The number of sulfone groups is 1. The monoisotopic (exact) mass is 531 g/mol. The van der Waals surface area contributed by atoms with Crippen LogP contribution in [-0.2, 0) is 29.1 Å². The Morgan fingerprint density at radius 3 is 2.60 bits per heavy atom. The van der Waals surface area contributed by atoms with Crippen LogP contribution in [0.25, 0.3) is 0 Å². The van der Waals surface area contributed by atoms with E-state index < -0.39 is 27.5 Å². The van der Waals surface area contributed by atoms with Gasteiger partial charge >= 0.3 is 6.18 Å². The van der Waals surface area contributed by atoms with E-state index in [1.807, 2.05) is 4.90 Å². The van der Waals surface area contributed by atoms with Crippen LogP contribution in [0.5, 0.6) is 0 Å². The minimum Gasteiger partial charge on any atom is -0.348 e. The van der Waals surface area contributed by atoms with E-state index >= 15 is 0 Å². The molecule has 11 heteroatoms.